The van der Waals surface area contributed by atoms with Crippen molar-refractivity contribution in [2.24, 2.45) is 0 Å². The zero-order valence-corrected chi connectivity index (χ0v) is 16.9. The third-order valence-electron chi connectivity index (χ3n) is 5.02. The second kappa shape index (κ2) is 8.56. The van der Waals surface area contributed by atoms with E-state index in [9.17, 15) is 31.6 Å². The summed E-state index contributed by atoms with van der Waals surface area (Å²) in [5, 5.41) is 18.2. The van der Waals surface area contributed by atoms with Crippen LogP contribution in [0.15, 0.2) is 47.4 Å². The second-order valence-electron chi connectivity index (χ2n) is 7.03. The molecule has 3 rings (SSSR count). The Balaban J connectivity index is 1.95. The number of likely N-dealkylation sites (tertiary alicyclic amines) is 1. The first-order valence-corrected chi connectivity index (χ1v) is 10.7. The molecular weight excluding hydrogens is 435 g/mol. The second-order valence-corrected chi connectivity index (χ2v) is 8.71. The zero-order valence-electron chi connectivity index (χ0n) is 16.1. The SMILES string of the molecule is N#Cc1ccccc1-c1ccc(S(=O)(=O)NC2CCN(C(=O)O)CC2)c(C(F)(F)F)c1. The fraction of sp³-hybridized carbons (Fsp3) is 0.300. The van der Waals surface area contributed by atoms with Crippen molar-refractivity contribution in [3.05, 3.63) is 53.6 Å². The predicted octanol–water partition coefficient (Wildman–Crippen LogP) is 3.66. The molecule has 0 saturated carbocycles. The Morgan fingerprint density at radius 3 is 2.39 bits per heavy atom. The van der Waals surface area contributed by atoms with E-state index in [1.54, 1.807) is 12.1 Å². The number of nitrogens with zero attached hydrogens (tertiary/aromatic N) is 2. The number of benzene rings is 2. The Bertz CT molecular complexity index is 1140. The molecule has 1 aliphatic rings. The molecule has 7 nitrogen and oxygen atoms in total. The standard InChI is InChI=1S/C20H18F3N3O4S/c21-20(22,23)17-11-13(16-4-2-1-3-14(16)12-24)5-6-18(17)31(29,30)25-15-7-9-26(10-8-15)19(27)28/h1-6,11,15,25H,7-10H2,(H,27,28). The van der Waals surface area contributed by atoms with E-state index in [1.165, 1.54) is 18.2 Å². The van der Waals surface area contributed by atoms with Crippen LogP contribution in [0.2, 0.25) is 0 Å². The number of nitriles is 1. The first-order valence-electron chi connectivity index (χ1n) is 9.24. The van der Waals surface area contributed by atoms with Gasteiger partial charge >= 0.3 is 12.3 Å². The normalized spacial score (nSPS) is 15.5. The molecular formula is C20H18F3N3O4S. The van der Waals surface area contributed by atoms with Gasteiger partial charge in [0.2, 0.25) is 10.0 Å². The van der Waals surface area contributed by atoms with E-state index in [-0.39, 0.29) is 42.6 Å². The molecule has 1 fully saturated rings. The highest BCUT2D eigenvalue weighted by atomic mass is 32.2. The van der Waals surface area contributed by atoms with Crippen LogP contribution in [-0.4, -0.2) is 43.6 Å². The van der Waals surface area contributed by atoms with Crippen molar-refractivity contribution in [3.8, 4) is 17.2 Å². The number of alkyl halides is 3. The van der Waals surface area contributed by atoms with Crippen molar-refractivity contribution in [2.45, 2.75) is 30.0 Å². The summed E-state index contributed by atoms with van der Waals surface area (Å²) in [6.45, 7) is 0.164. The van der Waals surface area contributed by atoms with Gasteiger partial charge in [0.25, 0.3) is 0 Å². The summed E-state index contributed by atoms with van der Waals surface area (Å²) >= 11 is 0. The summed E-state index contributed by atoms with van der Waals surface area (Å²) in [7, 11) is -4.53. The maximum atomic E-state index is 13.7. The lowest BCUT2D eigenvalue weighted by Gasteiger charge is -2.30. The van der Waals surface area contributed by atoms with Gasteiger partial charge in [-0.15, -0.1) is 0 Å². The Labute approximate surface area is 176 Å². The molecule has 0 aromatic heterocycles. The number of hydrogen-bond donors (Lipinski definition) is 2. The van der Waals surface area contributed by atoms with Gasteiger partial charge in [-0.05, 0) is 42.2 Å². The molecule has 1 heterocycles. The molecule has 0 aliphatic carbocycles. The van der Waals surface area contributed by atoms with E-state index in [0.29, 0.717) is 0 Å². The van der Waals surface area contributed by atoms with Gasteiger partial charge < -0.3 is 10.0 Å². The maximum Gasteiger partial charge on any atom is 0.417 e. The summed E-state index contributed by atoms with van der Waals surface area (Å²) in [6.07, 6.45) is -5.77. The fourth-order valence-corrected chi connectivity index (χ4v) is 4.97. The smallest absolute Gasteiger partial charge is 0.417 e. The molecule has 2 aromatic rings. The predicted molar refractivity (Wildman–Crippen MR) is 105 cm³/mol. The van der Waals surface area contributed by atoms with Crippen molar-refractivity contribution < 1.29 is 31.5 Å². The van der Waals surface area contributed by atoms with Crippen LogP contribution in [0.25, 0.3) is 11.1 Å². The minimum atomic E-state index is -4.95. The molecule has 164 valence electrons. The van der Waals surface area contributed by atoms with Gasteiger partial charge in [0, 0.05) is 19.1 Å². The van der Waals surface area contributed by atoms with Crippen molar-refractivity contribution in [2.75, 3.05) is 13.1 Å². The minimum Gasteiger partial charge on any atom is -0.465 e. The number of rotatable bonds is 4. The lowest BCUT2D eigenvalue weighted by atomic mass is 9.98. The molecule has 1 saturated heterocycles. The Kier molecular flexibility index (Phi) is 6.24. The summed E-state index contributed by atoms with van der Waals surface area (Å²) in [4.78, 5) is 11.2. The van der Waals surface area contributed by atoms with Gasteiger partial charge in [0.05, 0.1) is 22.1 Å². The molecule has 0 radical (unpaired) electrons. The average Bonchev–Trinajstić information content (AvgIpc) is 2.72. The van der Waals surface area contributed by atoms with E-state index in [4.69, 9.17) is 5.11 Å². The van der Waals surface area contributed by atoms with Crippen LogP contribution in [0.3, 0.4) is 0 Å². The minimum absolute atomic E-state index is 0.0678. The highest BCUT2D eigenvalue weighted by Gasteiger charge is 2.38. The molecule has 0 unspecified atom stereocenters. The van der Waals surface area contributed by atoms with E-state index in [2.05, 4.69) is 4.72 Å². The monoisotopic (exact) mass is 453 g/mol. The number of nitrogens with one attached hydrogen (secondary N) is 1. The lowest BCUT2D eigenvalue weighted by Crippen LogP contribution is -2.46. The van der Waals surface area contributed by atoms with Crippen LogP contribution in [0.5, 0.6) is 0 Å². The molecule has 0 spiro atoms. The lowest BCUT2D eigenvalue weighted by molar-refractivity contribution is -0.139. The van der Waals surface area contributed by atoms with Crippen molar-refractivity contribution >= 4 is 16.1 Å². The van der Waals surface area contributed by atoms with Gasteiger partial charge in [-0.25, -0.2) is 17.9 Å². The van der Waals surface area contributed by atoms with Crippen LogP contribution in [0, 0.1) is 11.3 Å². The van der Waals surface area contributed by atoms with Crippen LogP contribution in [-0.2, 0) is 16.2 Å². The molecule has 11 heteroatoms. The first kappa shape index (κ1) is 22.6. The fourth-order valence-electron chi connectivity index (χ4n) is 3.46. The highest BCUT2D eigenvalue weighted by Crippen LogP contribution is 2.37. The summed E-state index contributed by atoms with van der Waals surface area (Å²) in [5.41, 5.74) is -0.852. The summed E-state index contributed by atoms with van der Waals surface area (Å²) in [5.74, 6) is 0. The van der Waals surface area contributed by atoms with Crippen molar-refractivity contribution in [3.63, 3.8) is 0 Å². The van der Waals surface area contributed by atoms with Gasteiger partial charge in [0.15, 0.2) is 0 Å². The van der Waals surface area contributed by atoms with Gasteiger partial charge in [-0.3, -0.25) is 0 Å². The van der Waals surface area contributed by atoms with E-state index < -0.39 is 38.8 Å². The Hall–Kier alpha value is -3.10. The topological polar surface area (TPSA) is 110 Å². The first-order chi connectivity index (χ1) is 14.5. The zero-order chi connectivity index (χ0) is 22.8. The number of halogens is 3. The van der Waals surface area contributed by atoms with Crippen LogP contribution in [0.1, 0.15) is 24.0 Å². The van der Waals surface area contributed by atoms with Crippen LogP contribution >= 0.6 is 0 Å². The Morgan fingerprint density at radius 2 is 1.81 bits per heavy atom. The van der Waals surface area contributed by atoms with Crippen molar-refractivity contribution in [1.29, 1.82) is 5.26 Å². The molecule has 1 amide bonds. The third kappa shape index (κ3) is 4.98. The number of carbonyl (C=O) groups is 1. The summed E-state index contributed by atoms with van der Waals surface area (Å²) < 4.78 is 69.0. The number of carboxylic acid groups (broad SMARTS) is 1. The molecule has 2 aromatic carbocycles. The molecule has 0 bridgehead atoms. The van der Waals surface area contributed by atoms with Crippen molar-refractivity contribution in [1.82, 2.24) is 9.62 Å². The Morgan fingerprint density at radius 1 is 1.16 bits per heavy atom. The van der Waals surface area contributed by atoms with Crippen LogP contribution in [0.4, 0.5) is 18.0 Å². The largest absolute Gasteiger partial charge is 0.465 e. The third-order valence-corrected chi connectivity index (χ3v) is 6.60. The number of hydrogen-bond acceptors (Lipinski definition) is 4. The number of sulfonamides is 1. The molecule has 2 N–H and O–H groups in total. The quantitative estimate of drug-likeness (QED) is 0.734. The molecule has 1 aliphatic heterocycles. The number of amides is 1. The molecule has 31 heavy (non-hydrogen) atoms. The van der Waals surface area contributed by atoms with Crippen LogP contribution < -0.4 is 4.72 Å². The van der Waals surface area contributed by atoms with E-state index >= 15 is 0 Å². The number of piperidine rings is 1. The van der Waals surface area contributed by atoms with Gasteiger partial charge in [0.1, 0.15) is 0 Å². The average molecular weight is 453 g/mol. The maximum absolute atomic E-state index is 13.7. The summed E-state index contributed by atoms with van der Waals surface area (Å²) in [6, 6.07) is 10.1. The van der Waals surface area contributed by atoms with E-state index in [1.807, 2.05) is 6.07 Å². The highest BCUT2D eigenvalue weighted by molar-refractivity contribution is 7.89. The van der Waals surface area contributed by atoms with E-state index in [0.717, 1.165) is 17.0 Å². The molecule has 0 atom stereocenters. The van der Waals surface area contributed by atoms with Gasteiger partial charge in [-0.2, -0.15) is 18.4 Å². The van der Waals surface area contributed by atoms with Gasteiger partial charge in [-0.1, -0.05) is 24.3 Å².